The molecule has 53 heavy (non-hydrogen) atoms. The molecule has 2 heterocycles. The molecule has 0 aliphatic carbocycles. The third-order valence-electron chi connectivity index (χ3n) is 9.73. The van der Waals surface area contributed by atoms with E-state index in [4.69, 9.17) is 24.4 Å². The molecule has 0 radical (unpaired) electrons. The molecule has 0 saturated heterocycles. The Morgan fingerprint density at radius 2 is 0.849 bits per heavy atom. The van der Waals surface area contributed by atoms with Crippen molar-refractivity contribution in [3.8, 4) is 67.9 Å². The Bertz CT molecular complexity index is 2950. The highest BCUT2D eigenvalue weighted by molar-refractivity contribution is 6.10. The molecular weight excluding hydrogens is 649 g/mol. The van der Waals surface area contributed by atoms with Crippen LogP contribution in [0.5, 0.6) is 0 Å². The zero-order valence-corrected chi connectivity index (χ0v) is 28.5. The maximum atomic E-state index is 6.53. The van der Waals surface area contributed by atoms with Gasteiger partial charge in [-0.2, -0.15) is 0 Å². The van der Waals surface area contributed by atoms with Crippen molar-refractivity contribution in [2.75, 3.05) is 0 Å². The molecule has 5 nitrogen and oxygen atoms in total. The molecule has 0 N–H and O–H groups in total. The molecule has 8 aromatic carbocycles. The number of aromatic nitrogens is 4. The SMILES string of the molecule is c1ccc(-c2cccc(-c3cccc(-c4nc(-c5ccc6ccccc6c5)nc(-c5cccc6ccc7nc(-c8ccccc8)oc7c56)n4)c3)c2)cc1. The average molecular weight is 679 g/mol. The third-order valence-corrected chi connectivity index (χ3v) is 9.73. The summed E-state index contributed by atoms with van der Waals surface area (Å²) in [5, 5.41) is 4.20. The van der Waals surface area contributed by atoms with E-state index in [0.717, 1.165) is 60.4 Å². The lowest BCUT2D eigenvalue weighted by Gasteiger charge is -2.12. The summed E-state index contributed by atoms with van der Waals surface area (Å²) in [6, 6.07) is 62.5. The highest BCUT2D eigenvalue weighted by Gasteiger charge is 2.19. The van der Waals surface area contributed by atoms with Crippen molar-refractivity contribution in [2.24, 2.45) is 0 Å². The third kappa shape index (κ3) is 5.71. The lowest BCUT2D eigenvalue weighted by molar-refractivity contribution is 0.623. The van der Waals surface area contributed by atoms with Crippen molar-refractivity contribution in [2.45, 2.75) is 0 Å². The lowest BCUT2D eigenvalue weighted by Crippen LogP contribution is -2.01. The second kappa shape index (κ2) is 12.8. The molecule has 5 heteroatoms. The van der Waals surface area contributed by atoms with Crippen molar-refractivity contribution in [3.63, 3.8) is 0 Å². The highest BCUT2D eigenvalue weighted by atomic mass is 16.3. The van der Waals surface area contributed by atoms with Crippen molar-refractivity contribution >= 4 is 32.6 Å². The average Bonchev–Trinajstić information content (AvgIpc) is 3.69. The maximum absolute atomic E-state index is 6.53. The molecule has 248 valence electrons. The molecule has 0 aliphatic rings. The van der Waals surface area contributed by atoms with Gasteiger partial charge in [0.15, 0.2) is 23.1 Å². The van der Waals surface area contributed by atoms with Crippen molar-refractivity contribution in [1.82, 2.24) is 19.9 Å². The molecule has 0 amide bonds. The number of oxazole rings is 1. The molecule has 0 fully saturated rings. The molecule has 0 unspecified atom stereocenters. The van der Waals surface area contributed by atoms with Gasteiger partial charge in [-0.1, -0.05) is 146 Å². The van der Waals surface area contributed by atoms with Crippen LogP contribution >= 0.6 is 0 Å². The second-order valence-electron chi connectivity index (χ2n) is 13.1. The second-order valence-corrected chi connectivity index (χ2v) is 13.1. The minimum absolute atomic E-state index is 0.561. The fourth-order valence-electron chi connectivity index (χ4n) is 7.08. The van der Waals surface area contributed by atoms with Crippen molar-refractivity contribution in [3.05, 3.63) is 182 Å². The molecule has 0 atom stereocenters. The molecule has 0 saturated carbocycles. The Morgan fingerprint density at radius 3 is 1.60 bits per heavy atom. The normalized spacial score (nSPS) is 11.4. The van der Waals surface area contributed by atoms with Crippen LogP contribution in [0.25, 0.3) is 101 Å². The summed E-state index contributed by atoms with van der Waals surface area (Å²) in [4.78, 5) is 20.4. The molecule has 0 spiro atoms. The van der Waals surface area contributed by atoms with Gasteiger partial charge in [0.1, 0.15) is 5.52 Å². The van der Waals surface area contributed by atoms with Gasteiger partial charge in [-0.3, -0.25) is 0 Å². The molecule has 10 rings (SSSR count). The summed E-state index contributed by atoms with van der Waals surface area (Å²) < 4.78 is 6.53. The first-order valence-corrected chi connectivity index (χ1v) is 17.6. The van der Waals surface area contributed by atoms with Gasteiger partial charge in [-0.05, 0) is 74.8 Å². The van der Waals surface area contributed by atoms with Gasteiger partial charge in [-0.25, -0.2) is 19.9 Å². The van der Waals surface area contributed by atoms with Crippen LogP contribution in [0.15, 0.2) is 186 Å². The smallest absolute Gasteiger partial charge is 0.227 e. The number of rotatable bonds is 6. The largest absolute Gasteiger partial charge is 0.435 e. The van der Waals surface area contributed by atoms with Crippen LogP contribution in [0.1, 0.15) is 0 Å². The fourth-order valence-corrected chi connectivity index (χ4v) is 7.08. The first-order valence-electron chi connectivity index (χ1n) is 17.6. The summed E-state index contributed by atoms with van der Waals surface area (Å²) in [6.07, 6.45) is 0. The van der Waals surface area contributed by atoms with Gasteiger partial charge in [0.2, 0.25) is 5.89 Å². The van der Waals surface area contributed by atoms with Crippen molar-refractivity contribution in [1.29, 1.82) is 0 Å². The van der Waals surface area contributed by atoms with Gasteiger partial charge >= 0.3 is 0 Å². The van der Waals surface area contributed by atoms with Crippen LogP contribution in [-0.2, 0) is 0 Å². The van der Waals surface area contributed by atoms with E-state index >= 15 is 0 Å². The minimum atomic E-state index is 0.561. The Balaban J connectivity index is 1.16. The maximum Gasteiger partial charge on any atom is 0.227 e. The molecule has 10 aromatic rings. The van der Waals surface area contributed by atoms with Crippen molar-refractivity contribution < 1.29 is 4.42 Å². The predicted octanol–water partition coefficient (Wildman–Crippen LogP) is 12.3. The van der Waals surface area contributed by atoms with E-state index in [1.54, 1.807) is 0 Å². The van der Waals surface area contributed by atoms with Crippen LogP contribution < -0.4 is 0 Å². The van der Waals surface area contributed by atoms with E-state index in [1.807, 2.05) is 48.5 Å². The number of fused-ring (bicyclic) bond motifs is 4. The Hall–Kier alpha value is -7.24. The number of hydrogen-bond acceptors (Lipinski definition) is 5. The van der Waals surface area contributed by atoms with E-state index in [1.165, 1.54) is 11.1 Å². The summed E-state index contributed by atoms with van der Waals surface area (Å²) >= 11 is 0. The Kier molecular flexibility index (Phi) is 7.40. The summed E-state index contributed by atoms with van der Waals surface area (Å²) in [5.74, 6) is 2.32. The van der Waals surface area contributed by atoms with Crippen LogP contribution in [0.2, 0.25) is 0 Å². The Morgan fingerprint density at radius 1 is 0.321 bits per heavy atom. The monoisotopic (exact) mass is 678 g/mol. The first kappa shape index (κ1) is 30.6. The van der Waals surface area contributed by atoms with Crippen LogP contribution in [-0.4, -0.2) is 19.9 Å². The summed E-state index contributed by atoms with van der Waals surface area (Å²) in [6.45, 7) is 0. The lowest BCUT2D eigenvalue weighted by atomic mass is 9.98. The van der Waals surface area contributed by atoms with Gasteiger partial charge in [0, 0.05) is 27.6 Å². The van der Waals surface area contributed by atoms with Gasteiger partial charge in [-0.15, -0.1) is 0 Å². The molecule has 2 aromatic heterocycles. The van der Waals surface area contributed by atoms with E-state index in [2.05, 4.69) is 133 Å². The van der Waals surface area contributed by atoms with E-state index in [0.29, 0.717) is 28.9 Å². The quantitative estimate of drug-likeness (QED) is 0.175. The van der Waals surface area contributed by atoms with Crippen LogP contribution in [0.4, 0.5) is 0 Å². The number of hydrogen-bond donors (Lipinski definition) is 0. The Labute approximate surface area is 305 Å². The van der Waals surface area contributed by atoms with Crippen LogP contribution in [0, 0.1) is 0 Å². The number of nitrogens with zero attached hydrogens (tertiary/aromatic N) is 4. The minimum Gasteiger partial charge on any atom is -0.435 e. The first-order chi connectivity index (χ1) is 26.2. The van der Waals surface area contributed by atoms with Gasteiger partial charge in [0.25, 0.3) is 0 Å². The highest BCUT2D eigenvalue weighted by Crippen LogP contribution is 2.37. The van der Waals surface area contributed by atoms with Gasteiger partial charge in [0.05, 0.1) is 0 Å². The molecular formula is C48H30N4O. The standard InChI is InChI=1S/C48H30N4O/c1-3-12-31(13-4-1)36-19-9-20-37(28-36)38-21-10-22-39(30-38)45-50-46(40-25-24-32-14-7-8-17-35(32)29-40)52-47(51-45)41-23-11-18-33-26-27-42-44(43(33)41)53-48(49-42)34-15-5-2-6-16-34/h1-30H. The zero-order chi connectivity index (χ0) is 35.1. The zero-order valence-electron chi connectivity index (χ0n) is 28.5. The number of benzene rings is 8. The van der Waals surface area contributed by atoms with Crippen LogP contribution in [0.3, 0.4) is 0 Å². The predicted molar refractivity (Wildman–Crippen MR) is 215 cm³/mol. The molecule has 0 aliphatic heterocycles. The summed E-state index contributed by atoms with van der Waals surface area (Å²) in [7, 11) is 0. The van der Waals surface area contributed by atoms with E-state index < -0.39 is 0 Å². The molecule has 0 bridgehead atoms. The van der Waals surface area contributed by atoms with E-state index in [9.17, 15) is 0 Å². The summed E-state index contributed by atoms with van der Waals surface area (Å²) in [5.41, 5.74) is 9.60. The fraction of sp³-hybridized carbons (Fsp3) is 0. The topological polar surface area (TPSA) is 64.7 Å². The van der Waals surface area contributed by atoms with E-state index in [-0.39, 0.29) is 0 Å². The van der Waals surface area contributed by atoms with Gasteiger partial charge < -0.3 is 4.42 Å².